The lowest BCUT2D eigenvalue weighted by Crippen LogP contribution is -2.41. The highest BCUT2D eigenvalue weighted by Gasteiger charge is 2.28. The fourth-order valence-electron chi connectivity index (χ4n) is 3.87. The molecule has 1 aliphatic rings. The van der Waals surface area contributed by atoms with Gasteiger partial charge in [-0.15, -0.1) is 0 Å². The first kappa shape index (κ1) is 20.1. The summed E-state index contributed by atoms with van der Waals surface area (Å²) < 4.78 is 24.3. The Morgan fingerprint density at radius 3 is 2.63 bits per heavy atom. The number of nitrogens with zero attached hydrogens (tertiary/aromatic N) is 3. The van der Waals surface area contributed by atoms with E-state index in [0.29, 0.717) is 17.3 Å². The maximum atomic E-state index is 13.7. The van der Waals surface area contributed by atoms with E-state index in [1.54, 1.807) is 24.1 Å². The van der Waals surface area contributed by atoms with Gasteiger partial charge in [0, 0.05) is 17.2 Å². The van der Waals surface area contributed by atoms with Crippen LogP contribution < -0.4 is 4.74 Å². The molecule has 1 amide bonds. The van der Waals surface area contributed by atoms with Gasteiger partial charge in [-0.1, -0.05) is 30.5 Å². The summed E-state index contributed by atoms with van der Waals surface area (Å²) in [4.78, 5) is 19.4. The Kier molecular flexibility index (Phi) is 6.07. The number of carbonyl (C=O) groups excluding carboxylic acids is 1. The van der Waals surface area contributed by atoms with E-state index in [4.69, 9.17) is 9.26 Å². The summed E-state index contributed by atoms with van der Waals surface area (Å²) in [7, 11) is 1.61. The standard InChI is InChI=1S/C23H24FN3O3/c1-29-20-12-10-16(11-13-20)22-25-21(30-26-22)15-27(19-8-3-2-4-9-19)23(28)17-6-5-7-18(24)14-17/h5-7,10-14,19H,2-4,8-9,15H2,1H3. The number of rotatable bonds is 6. The number of hydrogen-bond acceptors (Lipinski definition) is 5. The zero-order chi connectivity index (χ0) is 20.9. The molecule has 0 atom stereocenters. The summed E-state index contributed by atoms with van der Waals surface area (Å²) in [5.41, 5.74) is 1.13. The molecule has 1 aromatic heterocycles. The Bertz CT molecular complexity index is 997. The van der Waals surface area contributed by atoms with Crippen molar-refractivity contribution in [3.05, 3.63) is 65.8 Å². The summed E-state index contributed by atoms with van der Waals surface area (Å²) >= 11 is 0. The number of halogens is 1. The first-order valence-electron chi connectivity index (χ1n) is 10.2. The van der Waals surface area contributed by atoms with Crippen LogP contribution in [0.2, 0.25) is 0 Å². The Morgan fingerprint density at radius 1 is 1.17 bits per heavy atom. The summed E-state index contributed by atoms with van der Waals surface area (Å²) in [6.07, 6.45) is 5.14. The molecule has 0 N–H and O–H groups in total. The third-order valence-corrected chi connectivity index (χ3v) is 5.47. The number of carbonyl (C=O) groups is 1. The Labute approximate surface area is 174 Å². The molecule has 0 radical (unpaired) electrons. The summed E-state index contributed by atoms with van der Waals surface area (Å²) in [5, 5.41) is 4.06. The van der Waals surface area contributed by atoms with Gasteiger partial charge in [0.1, 0.15) is 18.1 Å². The van der Waals surface area contributed by atoms with Gasteiger partial charge in [-0.25, -0.2) is 4.39 Å². The number of benzene rings is 2. The first-order chi connectivity index (χ1) is 14.6. The lowest BCUT2D eigenvalue weighted by atomic mass is 9.93. The van der Waals surface area contributed by atoms with Gasteiger partial charge in [0.15, 0.2) is 0 Å². The van der Waals surface area contributed by atoms with Crippen LogP contribution >= 0.6 is 0 Å². The van der Waals surface area contributed by atoms with Gasteiger partial charge < -0.3 is 14.2 Å². The molecule has 6 nitrogen and oxygen atoms in total. The first-order valence-corrected chi connectivity index (χ1v) is 10.2. The monoisotopic (exact) mass is 409 g/mol. The molecule has 1 saturated carbocycles. The minimum absolute atomic E-state index is 0.0749. The second kappa shape index (κ2) is 9.07. The number of methoxy groups -OCH3 is 1. The van der Waals surface area contributed by atoms with Crippen molar-refractivity contribution in [2.75, 3.05) is 7.11 Å². The van der Waals surface area contributed by atoms with E-state index in [1.165, 1.54) is 18.6 Å². The average molecular weight is 409 g/mol. The van der Waals surface area contributed by atoms with Crippen molar-refractivity contribution >= 4 is 5.91 Å². The Balaban J connectivity index is 1.57. The van der Waals surface area contributed by atoms with Gasteiger partial charge in [0.25, 0.3) is 5.91 Å². The number of ether oxygens (including phenoxy) is 1. The molecule has 2 aromatic carbocycles. The summed E-state index contributed by atoms with van der Waals surface area (Å²) in [5.74, 6) is 0.909. The Hall–Kier alpha value is -3.22. The largest absolute Gasteiger partial charge is 0.497 e. The van der Waals surface area contributed by atoms with Gasteiger partial charge in [0.05, 0.1) is 7.11 Å². The van der Waals surface area contributed by atoms with Crippen molar-refractivity contribution in [1.29, 1.82) is 0 Å². The highest BCUT2D eigenvalue weighted by Crippen LogP contribution is 2.26. The van der Waals surface area contributed by atoms with Crippen LogP contribution in [0.1, 0.15) is 48.4 Å². The van der Waals surface area contributed by atoms with Crippen LogP contribution in [-0.2, 0) is 6.54 Å². The molecule has 7 heteroatoms. The van der Waals surface area contributed by atoms with Crippen LogP contribution in [0.3, 0.4) is 0 Å². The average Bonchev–Trinajstić information content (AvgIpc) is 3.26. The van der Waals surface area contributed by atoms with Crippen molar-refractivity contribution in [2.45, 2.75) is 44.7 Å². The molecule has 1 aliphatic carbocycles. The van der Waals surface area contributed by atoms with Crippen LogP contribution in [0.15, 0.2) is 53.1 Å². The van der Waals surface area contributed by atoms with E-state index >= 15 is 0 Å². The molecular formula is C23H24FN3O3. The lowest BCUT2D eigenvalue weighted by molar-refractivity contribution is 0.0585. The fourth-order valence-corrected chi connectivity index (χ4v) is 3.87. The van der Waals surface area contributed by atoms with Crippen LogP contribution in [-0.4, -0.2) is 34.1 Å². The molecule has 30 heavy (non-hydrogen) atoms. The SMILES string of the molecule is COc1ccc(-c2noc(CN(C(=O)c3cccc(F)c3)C3CCCCC3)n2)cc1. The van der Waals surface area contributed by atoms with Crippen molar-refractivity contribution in [3.8, 4) is 17.1 Å². The number of aromatic nitrogens is 2. The van der Waals surface area contributed by atoms with Crippen LogP contribution in [0.25, 0.3) is 11.4 Å². The molecule has 1 fully saturated rings. The molecule has 4 rings (SSSR count). The highest BCUT2D eigenvalue weighted by atomic mass is 19.1. The number of amides is 1. The van der Waals surface area contributed by atoms with Gasteiger partial charge in [-0.3, -0.25) is 4.79 Å². The minimum atomic E-state index is -0.427. The highest BCUT2D eigenvalue weighted by molar-refractivity contribution is 5.94. The molecule has 1 heterocycles. The van der Waals surface area contributed by atoms with Crippen LogP contribution in [0.5, 0.6) is 5.75 Å². The van der Waals surface area contributed by atoms with Crippen LogP contribution in [0.4, 0.5) is 4.39 Å². The fraction of sp³-hybridized carbons (Fsp3) is 0.348. The predicted molar refractivity (Wildman–Crippen MR) is 109 cm³/mol. The maximum absolute atomic E-state index is 13.7. The van der Waals surface area contributed by atoms with E-state index in [-0.39, 0.29) is 18.5 Å². The molecule has 0 saturated heterocycles. The van der Waals surface area contributed by atoms with Crippen molar-refractivity contribution < 1.29 is 18.4 Å². The van der Waals surface area contributed by atoms with E-state index in [9.17, 15) is 9.18 Å². The minimum Gasteiger partial charge on any atom is -0.497 e. The van der Waals surface area contributed by atoms with Gasteiger partial charge >= 0.3 is 0 Å². The Morgan fingerprint density at radius 2 is 1.93 bits per heavy atom. The molecule has 156 valence electrons. The molecule has 0 aliphatic heterocycles. The van der Waals surface area contributed by atoms with E-state index in [1.807, 2.05) is 24.3 Å². The topological polar surface area (TPSA) is 68.5 Å². The van der Waals surface area contributed by atoms with Crippen molar-refractivity contribution in [2.24, 2.45) is 0 Å². The zero-order valence-electron chi connectivity index (χ0n) is 16.9. The normalized spacial score (nSPS) is 14.5. The quantitative estimate of drug-likeness (QED) is 0.582. The zero-order valence-corrected chi connectivity index (χ0v) is 16.9. The smallest absolute Gasteiger partial charge is 0.254 e. The third-order valence-electron chi connectivity index (χ3n) is 5.47. The second-order valence-electron chi connectivity index (χ2n) is 7.48. The molecule has 0 bridgehead atoms. The maximum Gasteiger partial charge on any atom is 0.254 e. The molecule has 0 unspecified atom stereocenters. The van der Waals surface area contributed by atoms with Crippen molar-refractivity contribution in [3.63, 3.8) is 0 Å². The number of hydrogen-bond donors (Lipinski definition) is 0. The summed E-state index contributed by atoms with van der Waals surface area (Å²) in [6, 6.07) is 13.2. The van der Waals surface area contributed by atoms with Crippen molar-refractivity contribution in [1.82, 2.24) is 15.0 Å². The van der Waals surface area contributed by atoms with Gasteiger partial charge in [-0.2, -0.15) is 4.98 Å². The van der Waals surface area contributed by atoms with E-state index in [2.05, 4.69) is 10.1 Å². The second-order valence-corrected chi connectivity index (χ2v) is 7.48. The van der Waals surface area contributed by atoms with Gasteiger partial charge in [-0.05, 0) is 55.3 Å². The third kappa shape index (κ3) is 4.50. The predicted octanol–water partition coefficient (Wildman–Crippen LogP) is 4.86. The van der Waals surface area contributed by atoms with Crippen LogP contribution in [0, 0.1) is 5.82 Å². The molecular weight excluding hydrogens is 385 g/mol. The molecule has 3 aromatic rings. The lowest BCUT2D eigenvalue weighted by Gasteiger charge is -2.33. The van der Waals surface area contributed by atoms with E-state index in [0.717, 1.165) is 37.0 Å². The van der Waals surface area contributed by atoms with Gasteiger partial charge in [0.2, 0.25) is 11.7 Å². The molecule has 0 spiro atoms. The summed E-state index contributed by atoms with van der Waals surface area (Å²) in [6.45, 7) is 0.198. The van der Waals surface area contributed by atoms with E-state index < -0.39 is 5.82 Å².